The molecule has 1 aromatic carbocycles. The fourth-order valence-corrected chi connectivity index (χ4v) is 1.84. The Morgan fingerprint density at radius 3 is 2.89 bits per heavy atom. The van der Waals surface area contributed by atoms with E-state index in [1.165, 1.54) is 0 Å². The molecule has 0 saturated heterocycles. The van der Waals surface area contributed by atoms with Crippen LogP contribution in [0.2, 0.25) is 5.02 Å². The summed E-state index contributed by atoms with van der Waals surface area (Å²) in [4.78, 5) is 15.9. The first-order chi connectivity index (χ1) is 8.72. The van der Waals surface area contributed by atoms with E-state index in [1.807, 2.05) is 12.1 Å². The summed E-state index contributed by atoms with van der Waals surface area (Å²) in [6, 6.07) is 8.86. The van der Waals surface area contributed by atoms with Gasteiger partial charge in [0.05, 0.1) is 12.2 Å². The van der Waals surface area contributed by atoms with E-state index in [9.17, 15) is 4.79 Å². The number of carbonyl (C=O) groups excluding carboxylic acids is 1. The van der Waals surface area contributed by atoms with Gasteiger partial charge < -0.3 is 4.74 Å². The molecule has 0 unspecified atom stereocenters. The molecule has 0 aliphatic carbocycles. The van der Waals surface area contributed by atoms with Crippen LogP contribution in [0, 0.1) is 0 Å². The van der Waals surface area contributed by atoms with Gasteiger partial charge >= 0.3 is 5.97 Å². The van der Waals surface area contributed by atoms with Crippen LogP contribution in [0.4, 0.5) is 0 Å². The second-order valence-electron chi connectivity index (χ2n) is 3.65. The maximum Gasteiger partial charge on any atom is 0.338 e. The summed E-state index contributed by atoms with van der Waals surface area (Å²) in [5.74, 6) is -0.376. The second kappa shape index (κ2) is 5.65. The van der Waals surface area contributed by atoms with Crippen molar-refractivity contribution in [1.29, 1.82) is 0 Å². The lowest BCUT2D eigenvalue weighted by Gasteiger charge is -2.09. The lowest BCUT2D eigenvalue weighted by Crippen LogP contribution is -2.06. The lowest BCUT2D eigenvalue weighted by atomic mass is 10.0. The Hall–Kier alpha value is -1.87. The molecule has 0 bridgehead atoms. The Labute approximate surface area is 110 Å². The zero-order valence-electron chi connectivity index (χ0n) is 9.89. The maximum atomic E-state index is 11.9. The predicted octanol–water partition coefficient (Wildman–Crippen LogP) is 3.58. The molecule has 1 aromatic heterocycles. The zero-order chi connectivity index (χ0) is 13.0. The minimum Gasteiger partial charge on any atom is -0.462 e. The van der Waals surface area contributed by atoms with Crippen molar-refractivity contribution < 1.29 is 9.53 Å². The SMILES string of the molecule is CCOC(=O)c1cc(Cl)ccc1-c1cccnc1. The molecule has 0 amide bonds. The highest BCUT2D eigenvalue weighted by Gasteiger charge is 2.14. The number of benzene rings is 1. The van der Waals surface area contributed by atoms with Gasteiger partial charge in [-0.25, -0.2) is 4.79 Å². The molecule has 2 aromatic rings. The third-order valence-electron chi connectivity index (χ3n) is 2.45. The molecule has 0 radical (unpaired) electrons. The van der Waals surface area contributed by atoms with Crippen LogP contribution in [0.25, 0.3) is 11.1 Å². The minimum absolute atomic E-state index is 0.331. The Balaban J connectivity index is 2.51. The van der Waals surface area contributed by atoms with Gasteiger partial charge in [-0.15, -0.1) is 0 Å². The van der Waals surface area contributed by atoms with Crippen LogP contribution in [0.1, 0.15) is 17.3 Å². The monoisotopic (exact) mass is 261 g/mol. The highest BCUT2D eigenvalue weighted by Crippen LogP contribution is 2.26. The van der Waals surface area contributed by atoms with Crippen LogP contribution in [0.15, 0.2) is 42.7 Å². The summed E-state index contributed by atoms with van der Waals surface area (Å²) in [5.41, 5.74) is 2.08. The number of hydrogen-bond acceptors (Lipinski definition) is 3. The highest BCUT2D eigenvalue weighted by atomic mass is 35.5. The molecule has 2 rings (SSSR count). The first kappa shape index (κ1) is 12.6. The first-order valence-electron chi connectivity index (χ1n) is 5.59. The number of ether oxygens (including phenoxy) is 1. The molecule has 4 heteroatoms. The first-order valence-corrected chi connectivity index (χ1v) is 5.97. The van der Waals surface area contributed by atoms with E-state index in [-0.39, 0.29) is 5.97 Å². The fraction of sp³-hybridized carbons (Fsp3) is 0.143. The predicted molar refractivity (Wildman–Crippen MR) is 70.6 cm³/mol. The zero-order valence-corrected chi connectivity index (χ0v) is 10.6. The Morgan fingerprint density at radius 1 is 1.39 bits per heavy atom. The summed E-state index contributed by atoms with van der Waals surface area (Å²) in [7, 11) is 0. The molecule has 0 spiro atoms. The van der Waals surface area contributed by atoms with E-state index in [0.29, 0.717) is 17.2 Å². The normalized spacial score (nSPS) is 10.1. The van der Waals surface area contributed by atoms with Gasteiger partial charge in [-0.1, -0.05) is 23.7 Å². The molecule has 18 heavy (non-hydrogen) atoms. The molecule has 0 fully saturated rings. The third-order valence-corrected chi connectivity index (χ3v) is 2.68. The van der Waals surface area contributed by atoms with Crippen molar-refractivity contribution in [2.75, 3.05) is 6.61 Å². The van der Waals surface area contributed by atoms with Crippen LogP contribution in [-0.2, 0) is 4.74 Å². The summed E-state index contributed by atoms with van der Waals surface area (Å²) < 4.78 is 5.03. The topological polar surface area (TPSA) is 39.2 Å². The van der Waals surface area contributed by atoms with Crippen LogP contribution in [0.3, 0.4) is 0 Å². The number of carbonyl (C=O) groups is 1. The van der Waals surface area contributed by atoms with Crippen molar-refractivity contribution in [2.24, 2.45) is 0 Å². The molecular formula is C14H12ClNO2. The summed E-state index contributed by atoms with van der Waals surface area (Å²) in [6.07, 6.45) is 3.38. The van der Waals surface area contributed by atoms with Crippen molar-refractivity contribution in [3.63, 3.8) is 0 Å². The van der Waals surface area contributed by atoms with E-state index < -0.39 is 0 Å². The number of pyridine rings is 1. The van der Waals surface area contributed by atoms with Gasteiger partial charge in [-0.2, -0.15) is 0 Å². The molecule has 0 N–H and O–H groups in total. The Kier molecular flexibility index (Phi) is 3.95. The van der Waals surface area contributed by atoms with Gasteiger partial charge in [0.25, 0.3) is 0 Å². The lowest BCUT2D eigenvalue weighted by molar-refractivity contribution is 0.0527. The van der Waals surface area contributed by atoms with Crippen LogP contribution in [0.5, 0.6) is 0 Å². The van der Waals surface area contributed by atoms with E-state index in [2.05, 4.69) is 4.98 Å². The molecule has 0 atom stereocenters. The molecule has 1 heterocycles. The second-order valence-corrected chi connectivity index (χ2v) is 4.09. The standard InChI is InChI=1S/C14H12ClNO2/c1-2-18-14(17)13-8-11(15)5-6-12(13)10-4-3-7-16-9-10/h3-9H,2H2,1H3. The van der Waals surface area contributed by atoms with Gasteiger partial charge in [0.15, 0.2) is 0 Å². The van der Waals surface area contributed by atoms with Gasteiger partial charge in [0.2, 0.25) is 0 Å². The van der Waals surface area contributed by atoms with Gasteiger partial charge in [0, 0.05) is 23.0 Å². The van der Waals surface area contributed by atoms with Crippen molar-refractivity contribution in [1.82, 2.24) is 4.98 Å². The van der Waals surface area contributed by atoms with Gasteiger partial charge in [-0.05, 0) is 30.7 Å². The number of aromatic nitrogens is 1. The number of rotatable bonds is 3. The average Bonchev–Trinajstić information content (AvgIpc) is 2.40. The number of halogens is 1. The third kappa shape index (κ3) is 2.68. The number of hydrogen-bond donors (Lipinski definition) is 0. The quantitative estimate of drug-likeness (QED) is 0.793. The van der Waals surface area contributed by atoms with Crippen molar-refractivity contribution in [2.45, 2.75) is 6.92 Å². The van der Waals surface area contributed by atoms with E-state index >= 15 is 0 Å². The van der Waals surface area contributed by atoms with Gasteiger partial charge in [0.1, 0.15) is 0 Å². The largest absolute Gasteiger partial charge is 0.462 e. The van der Waals surface area contributed by atoms with Crippen LogP contribution < -0.4 is 0 Å². The van der Waals surface area contributed by atoms with Crippen molar-refractivity contribution in [3.8, 4) is 11.1 Å². The maximum absolute atomic E-state index is 11.9. The van der Waals surface area contributed by atoms with Crippen molar-refractivity contribution >= 4 is 17.6 Å². The Morgan fingerprint density at radius 2 is 2.22 bits per heavy atom. The Bertz CT molecular complexity index is 555. The molecular weight excluding hydrogens is 250 g/mol. The summed E-state index contributed by atoms with van der Waals surface area (Å²) in [6.45, 7) is 2.10. The fourth-order valence-electron chi connectivity index (χ4n) is 1.67. The molecule has 0 aliphatic heterocycles. The van der Waals surface area contributed by atoms with Crippen LogP contribution in [-0.4, -0.2) is 17.6 Å². The van der Waals surface area contributed by atoms with E-state index in [0.717, 1.165) is 11.1 Å². The van der Waals surface area contributed by atoms with E-state index in [4.69, 9.17) is 16.3 Å². The van der Waals surface area contributed by atoms with Gasteiger partial charge in [-0.3, -0.25) is 4.98 Å². The molecule has 0 aliphatic rings. The van der Waals surface area contributed by atoms with Crippen LogP contribution >= 0.6 is 11.6 Å². The average molecular weight is 262 g/mol. The highest BCUT2D eigenvalue weighted by molar-refractivity contribution is 6.31. The number of nitrogens with zero attached hydrogens (tertiary/aromatic N) is 1. The summed E-state index contributed by atoms with van der Waals surface area (Å²) >= 11 is 5.93. The molecule has 0 saturated carbocycles. The smallest absolute Gasteiger partial charge is 0.338 e. The van der Waals surface area contributed by atoms with Crippen molar-refractivity contribution in [3.05, 3.63) is 53.3 Å². The number of esters is 1. The van der Waals surface area contributed by atoms with E-state index in [1.54, 1.807) is 37.5 Å². The molecule has 92 valence electrons. The minimum atomic E-state index is -0.376. The summed E-state index contributed by atoms with van der Waals surface area (Å²) in [5, 5.41) is 0.505. The molecule has 3 nitrogen and oxygen atoms in total.